The van der Waals surface area contributed by atoms with E-state index in [9.17, 15) is 4.79 Å². The fraction of sp³-hybridized carbons (Fsp3) is 0.688. The first kappa shape index (κ1) is 21.7. The number of ether oxygens (including phenoxy) is 1. The van der Waals surface area contributed by atoms with Crippen LogP contribution in [0.3, 0.4) is 0 Å². The van der Waals surface area contributed by atoms with Gasteiger partial charge in [0.1, 0.15) is 5.60 Å². The van der Waals surface area contributed by atoms with Gasteiger partial charge in [-0.05, 0) is 41.1 Å². The maximum Gasteiger partial charge on any atom is 0.410 e. The summed E-state index contributed by atoms with van der Waals surface area (Å²) in [6.07, 6.45) is 3.42. The number of hydrogen-bond donors (Lipinski definition) is 1. The van der Waals surface area contributed by atoms with Gasteiger partial charge in [0.2, 0.25) is 0 Å². The molecule has 0 spiro atoms. The number of aromatic nitrogens is 2. The fourth-order valence-corrected chi connectivity index (χ4v) is 2.05. The van der Waals surface area contributed by atoms with Crippen molar-refractivity contribution in [3.05, 3.63) is 17.5 Å². The van der Waals surface area contributed by atoms with Gasteiger partial charge in [-0.1, -0.05) is 25.6 Å². The molecule has 0 saturated heterocycles. The summed E-state index contributed by atoms with van der Waals surface area (Å²) in [5, 5.41) is 3.49. The molecule has 1 aromatic rings. The highest BCUT2D eigenvalue weighted by Gasteiger charge is 2.28. The van der Waals surface area contributed by atoms with Gasteiger partial charge in [-0.2, -0.15) is 0 Å². The molecule has 0 unspecified atom stereocenters. The number of rotatable bonds is 1. The Kier molecular flexibility index (Phi) is 9.83. The lowest BCUT2D eigenvalue weighted by molar-refractivity contribution is 0.0240. The Morgan fingerprint density at radius 3 is 2.35 bits per heavy atom. The molecule has 0 saturated carbocycles. The normalized spacial score (nSPS) is 12.4. The Morgan fingerprint density at radius 2 is 1.87 bits per heavy atom. The van der Waals surface area contributed by atoms with Crippen molar-refractivity contribution in [1.82, 2.24) is 20.2 Å². The molecular formula is C16H30N4O2S. The molecule has 2 rings (SSSR count). The van der Waals surface area contributed by atoms with E-state index in [-0.39, 0.29) is 6.09 Å². The van der Waals surface area contributed by atoms with Crippen LogP contribution >= 0.6 is 11.8 Å². The predicted molar refractivity (Wildman–Crippen MR) is 95.6 cm³/mol. The van der Waals surface area contributed by atoms with Crippen molar-refractivity contribution < 1.29 is 9.53 Å². The van der Waals surface area contributed by atoms with Crippen molar-refractivity contribution in [2.45, 2.75) is 58.5 Å². The van der Waals surface area contributed by atoms with Crippen LogP contribution in [0.15, 0.2) is 11.4 Å². The van der Waals surface area contributed by atoms with Crippen molar-refractivity contribution in [1.29, 1.82) is 0 Å². The zero-order chi connectivity index (χ0) is 18.0. The van der Waals surface area contributed by atoms with E-state index in [0.717, 1.165) is 16.4 Å². The molecule has 132 valence electrons. The third-order valence-electron chi connectivity index (χ3n) is 2.47. The van der Waals surface area contributed by atoms with Crippen molar-refractivity contribution >= 4 is 17.9 Å². The zero-order valence-electron chi connectivity index (χ0n) is 15.6. The van der Waals surface area contributed by atoms with Gasteiger partial charge < -0.3 is 10.1 Å². The highest BCUT2D eigenvalue weighted by molar-refractivity contribution is 7.98. The average Bonchev–Trinajstić information content (AvgIpc) is 2.91. The van der Waals surface area contributed by atoms with Crippen molar-refractivity contribution in [2.75, 3.05) is 20.4 Å². The van der Waals surface area contributed by atoms with Gasteiger partial charge in [0.15, 0.2) is 5.16 Å². The lowest BCUT2D eigenvalue weighted by Crippen LogP contribution is -2.33. The Morgan fingerprint density at radius 1 is 1.30 bits per heavy atom. The van der Waals surface area contributed by atoms with Gasteiger partial charge in [0.05, 0.1) is 18.8 Å². The van der Waals surface area contributed by atoms with E-state index in [2.05, 4.69) is 15.3 Å². The number of hydrogen-bond acceptors (Lipinski definition) is 6. The van der Waals surface area contributed by atoms with E-state index in [0.29, 0.717) is 13.1 Å². The molecule has 0 bridgehead atoms. The molecule has 23 heavy (non-hydrogen) atoms. The first-order valence-corrected chi connectivity index (χ1v) is 8.98. The number of nitrogens with zero attached hydrogens (tertiary/aromatic N) is 3. The van der Waals surface area contributed by atoms with Crippen LogP contribution < -0.4 is 5.32 Å². The molecule has 1 aliphatic rings. The predicted octanol–water partition coefficient (Wildman–Crippen LogP) is 3.31. The molecule has 0 aliphatic carbocycles. The molecule has 1 amide bonds. The second kappa shape index (κ2) is 10.4. The average molecular weight is 343 g/mol. The Balaban J connectivity index is 0.000000868. The molecular weight excluding hydrogens is 312 g/mol. The SMILES string of the molecule is CC.CNC.CSc1ncc2c(n1)CN(C(=O)OC(C)(C)C)C2. The number of nitrogens with one attached hydrogen (secondary N) is 1. The summed E-state index contributed by atoms with van der Waals surface area (Å²) in [4.78, 5) is 22.2. The molecule has 1 aliphatic heterocycles. The first-order valence-electron chi connectivity index (χ1n) is 7.76. The summed E-state index contributed by atoms with van der Waals surface area (Å²) < 4.78 is 5.34. The second-order valence-corrected chi connectivity index (χ2v) is 6.44. The fourth-order valence-electron chi connectivity index (χ4n) is 1.69. The van der Waals surface area contributed by atoms with Gasteiger partial charge in [0.25, 0.3) is 0 Å². The van der Waals surface area contributed by atoms with Gasteiger partial charge in [-0.15, -0.1) is 0 Å². The Labute approximate surface area is 144 Å². The quantitative estimate of drug-likeness (QED) is 0.624. The number of carbonyl (C=O) groups is 1. The van der Waals surface area contributed by atoms with Crippen LogP contribution in [0.4, 0.5) is 4.79 Å². The topological polar surface area (TPSA) is 67.4 Å². The van der Waals surface area contributed by atoms with Gasteiger partial charge in [0, 0.05) is 11.8 Å². The summed E-state index contributed by atoms with van der Waals surface area (Å²) in [6, 6.07) is 0. The lowest BCUT2D eigenvalue weighted by atomic mass is 10.2. The molecule has 0 aromatic carbocycles. The Bertz CT molecular complexity index is 489. The first-order chi connectivity index (χ1) is 10.8. The molecule has 0 fully saturated rings. The van der Waals surface area contributed by atoms with Crippen LogP contribution in [0.5, 0.6) is 0 Å². The summed E-state index contributed by atoms with van der Waals surface area (Å²) in [7, 11) is 3.75. The van der Waals surface area contributed by atoms with Crippen LogP contribution in [0.25, 0.3) is 0 Å². The van der Waals surface area contributed by atoms with E-state index in [1.54, 1.807) is 11.1 Å². The molecule has 6 nitrogen and oxygen atoms in total. The minimum atomic E-state index is -0.470. The number of fused-ring (bicyclic) bond motifs is 1. The molecule has 0 radical (unpaired) electrons. The third kappa shape index (κ3) is 7.65. The summed E-state index contributed by atoms with van der Waals surface area (Å²) in [5.41, 5.74) is 1.45. The summed E-state index contributed by atoms with van der Waals surface area (Å²) in [6.45, 7) is 10.6. The van der Waals surface area contributed by atoms with E-state index in [1.807, 2.05) is 55.0 Å². The largest absolute Gasteiger partial charge is 0.444 e. The maximum absolute atomic E-state index is 11.9. The van der Waals surface area contributed by atoms with Crippen LogP contribution in [-0.4, -0.2) is 46.9 Å². The minimum absolute atomic E-state index is 0.300. The standard InChI is InChI=1S/C12H17N3O2S.C2H7N.C2H6/c1-12(2,3)17-11(16)15-6-8-5-13-10(18-4)14-9(8)7-15;1-3-2;1-2/h5H,6-7H2,1-4H3;3H,1-2H3;1-2H3. The van der Waals surface area contributed by atoms with Crippen LogP contribution in [0.1, 0.15) is 45.9 Å². The highest BCUT2D eigenvalue weighted by atomic mass is 32.2. The van der Waals surface area contributed by atoms with Crippen LogP contribution in [0.2, 0.25) is 0 Å². The minimum Gasteiger partial charge on any atom is -0.444 e. The highest BCUT2D eigenvalue weighted by Crippen LogP contribution is 2.24. The molecule has 0 atom stereocenters. The lowest BCUT2D eigenvalue weighted by Gasteiger charge is -2.23. The molecule has 1 N–H and O–H groups in total. The molecule has 1 aromatic heterocycles. The van der Waals surface area contributed by atoms with Crippen LogP contribution in [-0.2, 0) is 17.8 Å². The summed E-state index contributed by atoms with van der Waals surface area (Å²) in [5.74, 6) is 0. The monoisotopic (exact) mass is 342 g/mol. The van der Waals surface area contributed by atoms with Crippen molar-refractivity contribution in [3.8, 4) is 0 Å². The molecule has 2 heterocycles. The third-order valence-corrected chi connectivity index (χ3v) is 3.03. The van der Waals surface area contributed by atoms with Crippen molar-refractivity contribution in [3.63, 3.8) is 0 Å². The number of amides is 1. The van der Waals surface area contributed by atoms with E-state index in [1.165, 1.54) is 11.8 Å². The molecule has 7 heteroatoms. The van der Waals surface area contributed by atoms with E-state index >= 15 is 0 Å². The van der Waals surface area contributed by atoms with Gasteiger partial charge in [-0.25, -0.2) is 14.8 Å². The van der Waals surface area contributed by atoms with Crippen molar-refractivity contribution in [2.24, 2.45) is 0 Å². The van der Waals surface area contributed by atoms with Gasteiger partial charge >= 0.3 is 6.09 Å². The van der Waals surface area contributed by atoms with E-state index < -0.39 is 5.60 Å². The Hall–Kier alpha value is -1.34. The zero-order valence-corrected chi connectivity index (χ0v) is 16.4. The van der Waals surface area contributed by atoms with Crippen LogP contribution in [0, 0.1) is 0 Å². The smallest absolute Gasteiger partial charge is 0.410 e. The van der Waals surface area contributed by atoms with Gasteiger partial charge in [-0.3, -0.25) is 4.90 Å². The maximum atomic E-state index is 11.9. The number of thioether (sulfide) groups is 1. The van der Waals surface area contributed by atoms with E-state index in [4.69, 9.17) is 4.74 Å². The summed E-state index contributed by atoms with van der Waals surface area (Å²) >= 11 is 1.50. The second-order valence-electron chi connectivity index (χ2n) is 5.67. The number of carbonyl (C=O) groups excluding carboxylic acids is 1.